The van der Waals surface area contributed by atoms with Gasteiger partial charge in [0, 0.05) is 10.6 Å². The molecule has 0 amide bonds. The minimum Gasteiger partial charge on any atom is -0.321 e. The second-order valence-electron chi connectivity index (χ2n) is 4.83. The number of nitrogens with zero attached hydrogens (tertiary/aromatic N) is 2. The van der Waals surface area contributed by atoms with Crippen LogP contribution in [0.5, 0.6) is 0 Å². The quantitative estimate of drug-likeness (QED) is 0.726. The minimum atomic E-state index is 0.0314. The van der Waals surface area contributed by atoms with Crippen LogP contribution in [0.1, 0.15) is 39.4 Å². The Hall–Kier alpha value is -0.730. The van der Waals surface area contributed by atoms with E-state index in [2.05, 4.69) is 30.3 Å². The van der Waals surface area contributed by atoms with E-state index in [0.29, 0.717) is 5.88 Å². The van der Waals surface area contributed by atoms with Crippen molar-refractivity contribution in [2.45, 2.75) is 45.0 Å². The fourth-order valence-corrected chi connectivity index (χ4v) is 2.70. The summed E-state index contributed by atoms with van der Waals surface area (Å²) >= 11 is 12.2. The number of fused-ring (bicyclic) bond motifs is 1. The SMILES string of the molecule is CCC(C)(CC)n1c(CCl)nc2ccc(Cl)cc21. The summed E-state index contributed by atoms with van der Waals surface area (Å²) in [4.78, 5) is 4.61. The summed E-state index contributed by atoms with van der Waals surface area (Å²) in [5.74, 6) is 1.34. The molecule has 4 heteroatoms. The van der Waals surface area contributed by atoms with E-state index in [1.165, 1.54) is 0 Å². The van der Waals surface area contributed by atoms with Crippen LogP contribution >= 0.6 is 23.2 Å². The minimum absolute atomic E-state index is 0.0314. The molecule has 0 aliphatic heterocycles. The smallest absolute Gasteiger partial charge is 0.125 e. The van der Waals surface area contributed by atoms with Crippen LogP contribution in [0.15, 0.2) is 18.2 Å². The second kappa shape index (κ2) is 5.10. The van der Waals surface area contributed by atoms with Crippen molar-refractivity contribution in [3.8, 4) is 0 Å². The summed E-state index contributed by atoms with van der Waals surface area (Å²) in [6.45, 7) is 6.63. The zero-order valence-corrected chi connectivity index (χ0v) is 12.5. The van der Waals surface area contributed by atoms with Gasteiger partial charge in [-0.3, -0.25) is 0 Å². The lowest BCUT2D eigenvalue weighted by Gasteiger charge is -2.31. The molecule has 0 saturated carbocycles. The zero-order valence-electron chi connectivity index (χ0n) is 11.0. The number of benzene rings is 1. The van der Waals surface area contributed by atoms with Gasteiger partial charge in [-0.05, 0) is 38.0 Å². The average Bonchev–Trinajstić information content (AvgIpc) is 2.76. The molecule has 2 nitrogen and oxygen atoms in total. The zero-order chi connectivity index (χ0) is 13.3. The number of aromatic nitrogens is 2. The summed E-state index contributed by atoms with van der Waals surface area (Å²) < 4.78 is 2.25. The van der Waals surface area contributed by atoms with Crippen molar-refractivity contribution in [2.75, 3.05) is 0 Å². The van der Waals surface area contributed by atoms with Crippen LogP contribution in [0.4, 0.5) is 0 Å². The van der Waals surface area contributed by atoms with Crippen LogP contribution < -0.4 is 0 Å². The molecule has 0 saturated heterocycles. The molecule has 98 valence electrons. The van der Waals surface area contributed by atoms with E-state index >= 15 is 0 Å². The molecule has 1 aromatic carbocycles. The molecule has 0 aliphatic rings. The van der Waals surface area contributed by atoms with Crippen molar-refractivity contribution in [3.05, 3.63) is 29.0 Å². The lowest BCUT2D eigenvalue weighted by atomic mass is 9.94. The predicted octanol–water partition coefficient (Wildman–Crippen LogP) is 4.96. The molecular weight excluding hydrogens is 267 g/mol. The Kier molecular flexibility index (Phi) is 3.88. The Bertz CT molecular complexity index is 556. The molecule has 0 fully saturated rings. The Morgan fingerprint density at radius 3 is 2.50 bits per heavy atom. The molecule has 0 spiro atoms. The summed E-state index contributed by atoms with van der Waals surface area (Å²) in [5, 5.41) is 0.735. The highest BCUT2D eigenvalue weighted by Crippen LogP contribution is 2.32. The molecule has 0 atom stereocenters. The van der Waals surface area contributed by atoms with Gasteiger partial charge < -0.3 is 4.57 Å². The van der Waals surface area contributed by atoms with E-state index in [9.17, 15) is 0 Å². The summed E-state index contributed by atoms with van der Waals surface area (Å²) in [6.07, 6.45) is 2.07. The molecule has 2 aromatic rings. The molecule has 0 N–H and O–H groups in total. The highest BCUT2D eigenvalue weighted by Gasteiger charge is 2.27. The highest BCUT2D eigenvalue weighted by molar-refractivity contribution is 6.31. The van der Waals surface area contributed by atoms with Gasteiger partial charge in [-0.25, -0.2) is 4.98 Å². The maximum absolute atomic E-state index is 6.11. The average molecular weight is 285 g/mol. The normalized spacial score (nSPS) is 12.3. The molecular formula is C14H18Cl2N2. The van der Waals surface area contributed by atoms with E-state index in [4.69, 9.17) is 23.2 Å². The van der Waals surface area contributed by atoms with Crippen molar-refractivity contribution in [1.29, 1.82) is 0 Å². The number of hydrogen-bond acceptors (Lipinski definition) is 1. The van der Waals surface area contributed by atoms with E-state index in [0.717, 1.165) is 34.7 Å². The fourth-order valence-electron chi connectivity index (χ4n) is 2.36. The van der Waals surface area contributed by atoms with Gasteiger partial charge in [0.2, 0.25) is 0 Å². The maximum Gasteiger partial charge on any atom is 0.125 e. The van der Waals surface area contributed by atoms with E-state index in [1.807, 2.05) is 18.2 Å². The van der Waals surface area contributed by atoms with Gasteiger partial charge in [0.05, 0.1) is 16.9 Å². The summed E-state index contributed by atoms with van der Waals surface area (Å²) in [6, 6.07) is 5.80. The van der Waals surface area contributed by atoms with Gasteiger partial charge in [0.1, 0.15) is 5.82 Å². The molecule has 0 radical (unpaired) electrons. The van der Waals surface area contributed by atoms with Crippen LogP contribution in [-0.2, 0) is 11.4 Å². The Labute approximate surface area is 118 Å². The van der Waals surface area contributed by atoms with E-state index in [-0.39, 0.29) is 5.54 Å². The Balaban J connectivity index is 2.77. The molecule has 18 heavy (non-hydrogen) atoms. The van der Waals surface area contributed by atoms with Crippen LogP contribution in [0.25, 0.3) is 11.0 Å². The van der Waals surface area contributed by atoms with Gasteiger partial charge >= 0.3 is 0 Å². The first-order valence-corrected chi connectivity index (χ1v) is 7.20. The number of imidazole rings is 1. The van der Waals surface area contributed by atoms with Crippen LogP contribution in [-0.4, -0.2) is 9.55 Å². The standard InChI is InChI=1S/C14H18Cl2N2/c1-4-14(3,5-2)18-12-8-10(16)6-7-11(12)17-13(18)9-15/h6-8H,4-5,9H2,1-3H3. The van der Waals surface area contributed by atoms with Crippen molar-refractivity contribution < 1.29 is 0 Å². The molecule has 2 rings (SSSR count). The van der Waals surface area contributed by atoms with Crippen molar-refractivity contribution >= 4 is 34.2 Å². The van der Waals surface area contributed by atoms with Crippen LogP contribution in [0.3, 0.4) is 0 Å². The van der Waals surface area contributed by atoms with E-state index in [1.54, 1.807) is 0 Å². The van der Waals surface area contributed by atoms with E-state index < -0.39 is 0 Å². The number of hydrogen-bond donors (Lipinski definition) is 0. The Morgan fingerprint density at radius 1 is 1.28 bits per heavy atom. The maximum atomic E-state index is 6.11. The predicted molar refractivity (Wildman–Crippen MR) is 78.5 cm³/mol. The third kappa shape index (κ3) is 2.12. The third-order valence-electron chi connectivity index (χ3n) is 3.87. The van der Waals surface area contributed by atoms with Gasteiger partial charge in [-0.2, -0.15) is 0 Å². The second-order valence-corrected chi connectivity index (χ2v) is 5.54. The first-order chi connectivity index (χ1) is 8.55. The monoisotopic (exact) mass is 284 g/mol. The lowest BCUT2D eigenvalue weighted by molar-refractivity contribution is 0.296. The molecule has 0 unspecified atom stereocenters. The number of rotatable bonds is 4. The summed E-state index contributed by atoms with van der Waals surface area (Å²) in [5.41, 5.74) is 2.07. The van der Waals surface area contributed by atoms with Crippen LogP contribution in [0, 0.1) is 0 Å². The third-order valence-corrected chi connectivity index (χ3v) is 4.34. The number of alkyl halides is 1. The largest absolute Gasteiger partial charge is 0.321 e. The molecule has 1 aromatic heterocycles. The van der Waals surface area contributed by atoms with Crippen LogP contribution in [0.2, 0.25) is 5.02 Å². The first-order valence-electron chi connectivity index (χ1n) is 6.29. The molecule has 0 aliphatic carbocycles. The van der Waals surface area contributed by atoms with Crippen molar-refractivity contribution in [2.24, 2.45) is 0 Å². The molecule has 0 bridgehead atoms. The topological polar surface area (TPSA) is 17.8 Å². The van der Waals surface area contributed by atoms with Crippen molar-refractivity contribution in [3.63, 3.8) is 0 Å². The fraction of sp³-hybridized carbons (Fsp3) is 0.500. The van der Waals surface area contributed by atoms with Crippen molar-refractivity contribution in [1.82, 2.24) is 9.55 Å². The van der Waals surface area contributed by atoms with Gasteiger partial charge in [0.25, 0.3) is 0 Å². The number of halogens is 2. The van der Waals surface area contributed by atoms with Gasteiger partial charge in [-0.15, -0.1) is 11.6 Å². The highest BCUT2D eigenvalue weighted by atomic mass is 35.5. The molecule has 1 heterocycles. The van der Waals surface area contributed by atoms with Gasteiger partial charge in [-0.1, -0.05) is 25.4 Å². The Morgan fingerprint density at radius 2 is 1.94 bits per heavy atom. The van der Waals surface area contributed by atoms with Gasteiger partial charge in [0.15, 0.2) is 0 Å². The first kappa shape index (κ1) is 13.7. The summed E-state index contributed by atoms with van der Waals surface area (Å²) in [7, 11) is 0. The lowest BCUT2D eigenvalue weighted by Crippen LogP contribution is -2.29.